The van der Waals surface area contributed by atoms with Crippen molar-refractivity contribution in [1.29, 1.82) is 0 Å². The summed E-state index contributed by atoms with van der Waals surface area (Å²) in [5.74, 6) is 0. The average Bonchev–Trinajstić information content (AvgIpc) is 2.31. The first-order chi connectivity index (χ1) is 8.74. The van der Waals surface area contributed by atoms with Gasteiger partial charge in [-0.05, 0) is 38.0 Å². The molecule has 0 spiro atoms. The van der Waals surface area contributed by atoms with Crippen LogP contribution in [0.25, 0.3) is 0 Å². The number of nitrogens with one attached hydrogen (secondary N) is 1. The lowest BCUT2D eigenvalue weighted by molar-refractivity contribution is 0.392. The number of hydrogen-bond donors (Lipinski definition) is 1. The van der Waals surface area contributed by atoms with E-state index >= 15 is 0 Å². The summed E-state index contributed by atoms with van der Waals surface area (Å²) >= 11 is 15.1. The van der Waals surface area contributed by atoms with Gasteiger partial charge in [-0.2, -0.15) is 0 Å². The van der Waals surface area contributed by atoms with Crippen molar-refractivity contribution in [2.45, 2.75) is 37.1 Å². The van der Waals surface area contributed by atoms with Crippen LogP contribution in [0.2, 0.25) is 10.0 Å². The van der Waals surface area contributed by atoms with Crippen LogP contribution in [0.15, 0.2) is 23.1 Å². The fourth-order valence-corrected chi connectivity index (χ4v) is 4.72. The Kier molecular flexibility index (Phi) is 6.14. The Morgan fingerprint density at radius 1 is 1.37 bits per heavy atom. The van der Waals surface area contributed by atoms with Crippen LogP contribution in [0.3, 0.4) is 0 Å². The lowest BCUT2D eigenvalue weighted by Crippen LogP contribution is -2.45. The van der Waals surface area contributed by atoms with Gasteiger partial charge in [0.2, 0.25) is 10.0 Å². The number of halogens is 3. The number of rotatable bonds is 6. The third kappa shape index (κ3) is 4.60. The molecule has 1 aromatic carbocycles. The maximum absolute atomic E-state index is 12.4. The molecule has 1 aromatic rings. The SMILES string of the molecule is CCC(C)(CCBr)NS(=O)(=O)c1cc(Cl)ccc1Cl. The van der Waals surface area contributed by atoms with E-state index in [4.69, 9.17) is 23.2 Å². The molecule has 0 aromatic heterocycles. The number of sulfonamides is 1. The van der Waals surface area contributed by atoms with E-state index in [9.17, 15) is 8.42 Å². The second-order valence-corrected chi connectivity index (χ2v) is 7.82. The maximum atomic E-state index is 12.4. The summed E-state index contributed by atoms with van der Waals surface area (Å²) in [5.41, 5.74) is -0.520. The molecular weight excluding hydrogens is 373 g/mol. The van der Waals surface area contributed by atoms with Gasteiger partial charge in [0, 0.05) is 15.9 Å². The summed E-state index contributed by atoms with van der Waals surface area (Å²) in [6.07, 6.45) is 1.36. The fourth-order valence-electron chi connectivity index (χ4n) is 1.57. The van der Waals surface area contributed by atoms with Gasteiger partial charge in [-0.25, -0.2) is 13.1 Å². The van der Waals surface area contributed by atoms with Crippen LogP contribution in [0, 0.1) is 0 Å². The minimum atomic E-state index is -3.69. The van der Waals surface area contributed by atoms with Gasteiger partial charge < -0.3 is 0 Å². The van der Waals surface area contributed by atoms with Gasteiger partial charge in [0.25, 0.3) is 0 Å². The van der Waals surface area contributed by atoms with Crippen LogP contribution in [0.4, 0.5) is 0 Å². The molecule has 0 saturated carbocycles. The van der Waals surface area contributed by atoms with Crippen molar-refractivity contribution in [3.05, 3.63) is 28.2 Å². The molecule has 19 heavy (non-hydrogen) atoms. The Morgan fingerprint density at radius 2 is 2.00 bits per heavy atom. The zero-order valence-corrected chi connectivity index (χ0v) is 14.6. The molecule has 1 rings (SSSR count). The standard InChI is InChI=1S/C12H16BrCl2NO2S/c1-3-12(2,6-7-13)16-19(17,18)11-8-9(14)4-5-10(11)15/h4-5,8,16H,3,6-7H2,1-2H3. The minimum Gasteiger partial charge on any atom is -0.207 e. The van der Waals surface area contributed by atoms with Crippen LogP contribution in [-0.2, 0) is 10.0 Å². The molecule has 0 bridgehead atoms. The highest BCUT2D eigenvalue weighted by Crippen LogP contribution is 2.27. The Bertz CT molecular complexity index is 551. The van der Waals surface area contributed by atoms with Crippen molar-refractivity contribution >= 4 is 49.2 Å². The number of alkyl halides is 1. The van der Waals surface area contributed by atoms with Gasteiger partial charge in [-0.1, -0.05) is 46.1 Å². The Labute approximate surface area is 132 Å². The topological polar surface area (TPSA) is 46.2 Å². The van der Waals surface area contributed by atoms with Crippen LogP contribution in [0.1, 0.15) is 26.7 Å². The van der Waals surface area contributed by atoms with Gasteiger partial charge in [0.05, 0.1) is 5.02 Å². The zero-order valence-electron chi connectivity index (χ0n) is 10.7. The average molecular weight is 389 g/mol. The van der Waals surface area contributed by atoms with E-state index in [-0.39, 0.29) is 9.92 Å². The van der Waals surface area contributed by atoms with Crippen molar-refractivity contribution < 1.29 is 8.42 Å². The second-order valence-electron chi connectivity index (χ2n) is 4.53. The molecule has 0 amide bonds. The van der Waals surface area contributed by atoms with Crippen LogP contribution in [0.5, 0.6) is 0 Å². The van der Waals surface area contributed by atoms with Crippen LogP contribution >= 0.6 is 39.1 Å². The first-order valence-electron chi connectivity index (χ1n) is 5.79. The summed E-state index contributed by atoms with van der Waals surface area (Å²) in [4.78, 5) is 0.0101. The molecule has 0 heterocycles. The smallest absolute Gasteiger partial charge is 0.207 e. The second kappa shape index (κ2) is 6.76. The molecule has 108 valence electrons. The monoisotopic (exact) mass is 387 g/mol. The summed E-state index contributed by atoms with van der Waals surface area (Å²) in [5, 5.41) is 1.21. The van der Waals surface area contributed by atoms with E-state index in [1.54, 1.807) is 6.07 Å². The van der Waals surface area contributed by atoms with E-state index in [2.05, 4.69) is 20.7 Å². The summed E-state index contributed by atoms with van der Waals surface area (Å²) < 4.78 is 27.5. The largest absolute Gasteiger partial charge is 0.242 e. The zero-order chi connectivity index (χ0) is 14.7. The highest BCUT2D eigenvalue weighted by atomic mass is 79.9. The molecule has 0 aliphatic rings. The quantitative estimate of drug-likeness (QED) is 0.741. The molecule has 0 aliphatic carbocycles. The van der Waals surface area contributed by atoms with Crippen molar-refractivity contribution in [2.24, 2.45) is 0 Å². The first-order valence-corrected chi connectivity index (χ1v) is 9.15. The van der Waals surface area contributed by atoms with Gasteiger partial charge in [0.15, 0.2) is 0 Å². The molecule has 1 atom stereocenters. The summed E-state index contributed by atoms with van der Waals surface area (Å²) in [6, 6.07) is 4.39. The van der Waals surface area contributed by atoms with Crippen LogP contribution < -0.4 is 4.72 Å². The Hall–Kier alpha value is 0.190. The number of benzene rings is 1. The highest BCUT2D eigenvalue weighted by molar-refractivity contribution is 9.09. The van der Waals surface area contributed by atoms with Gasteiger partial charge in [0.1, 0.15) is 4.90 Å². The molecule has 3 nitrogen and oxygen atoms in total. The lowest BCUT2D eigenvalue weighted by atomic mass is 9.98. The van der Waals surface area contributed by atoms with Gasteiger partial charge in [-0.3, -0.25) is 0 Å². The van der Waals surface area contributed by atoms with E-state index in [0.717, 1.165) is 0 Å². The molecule has 0 aliphatic heterocycles. The Balaban J connectivity index is 3.14. The van der Waals surface area contributed by atoms with E-state index in [1.165, 1.54) is 12.1 Å². The lowest BCUT2D eigenvalue weighted by Gasteiger charge is -2.28. The first kappa shape index (κ1) is 17.2. The molecule has 0 saturated heterocycles. The third-order valence-corrected chi connectivity index (χ3v) is 5.74. The van der Waals surface area contributed by atoms with Crippen molar-refractivity contribution in [3.63, 3.8) is 0 Å². The molecule has 1 unspecified atom stereocenters. The summed E-state index contributed by atoms with van der Waals surface area (Å²) in [6.45, 7) is 3.80. The number of hydrogen-bond acceptors (Lipinski definition) is 2. The van der Waals surface area contributed by atoms with Crippen molar-refractivity contribution in [1.82, 2.24) is 4.72 Å². The molecule has 7 heteroatoms. The highest BCUT2D eigenvalue weighted by Gasteiger charge is 2.29. The summed E-state index contributed by atoms with van der Waals surface area (Å²) in [7, 11) is -3.69. The van der Waals surface area contributed by atoms with E-state index < -0.39 is 15.6 Å². The minimum absolute atomic E-state index is 0.0101. The molecular formula is C12H16BrCl2NO2S. The molecule has 0 fully saturated rings. The normalized spacial score (nSPS) is 15.2. The van der Waals surface area contributed by atoms with Crippen molar-refractivity contribution in [3.8, 4) is 0 Å². The Morgan fingerprint density at radius 3 is 2.53 bits per heavy atom. The molecule has 0 radical (unpaired) electrons. The van der Waals surface area contributed by atoms with Crippen LogP contribution in [-0.4, -0.2) is 19.3 Å². The molecule has 1 N–H and O–H groups in total. The third-order valence-electron chi connectivity index (χ3n) is 2.99. The van der Waals surface area contributed by atoms with E-state index in [0.29, 0.717) is 23.2 Å². The van der Waals surface area contributed by atoms with Gasteiger partial charge in [-0.15, -0.1) is 0 Å². The fraction of sp³-hybridized carbons (Fsp3) is 0.500. The predicted octanol–water partition coefficient (Wildman–Crippen LogP) is 4.23. The van der Waals surface area contributed by atoms with Gasteiger partial charge >= 0.3 is 0 Å². The predicted molar refractivity (Wildman–Crippen MR) is 83.9 cm³/mol. The maximum Gasteiger partial charge on any atom is 0.242 e. The van der Waals surface area contributed by atoms with E-state index in [1.807, 2.05) is 13.8 Å². The van der Waals surface area contributed by atoms with Crippen molar-refractivity contribution in [2.75, 3.05) is 5.33 Å².